The molecule has 0 aliphatic heterocycles. The van der Waals surface area contributed by atoms with Crippen LogP contribution < -0.4 is 11.1 Å². The normalized spacial score (nSPS) is 16.0. The number of amides is 1. The number of carbonyl (C=O) groups is 1. The van der Waals surface area contributed by atoms with Gasteiger partial charge in [0.25, 0.3) is 5.91 Å². The Balaban J connectivity index is 0.00000261. The van der Waals surface area contributed by atoms with Crippen LogP contribution in [0.2, 0.25) is 0 Å². The third-order valence-corrected chi connectivity index (χ3v) is 5.78. The highest BCUT2D eigenvalue weighted by Gasteiger charge is 2.38. The number of halogens is 4. The van der Waals surface area contributed by atoms with E-state index in [0.29, 0.717) is 22.8 Å². The van der Waals surface area contributed by atoms with E-state index in [2.05, 4.69) is 10.3 Å². The number of thiazole rings is 1. The molecule has 1 aliphatic rings. The van der Waals surface area contributed by atoms with Gasteiger partial charge in [-0.05, 0) is 24.5 Å². The van der Waals surface area contributed by atoms with Crippen LogP contribution in [0.15, 0.2) is 29.6 Å². The zero-order valence-electron chi connectivity index (χ0n) is 14.5. The molecule has 0 spiro atoms. The van der Waals surface area contributed by atoms with Crippen molar-refractivity contribution in [2.24, 2.45) is 5.73 Å². The summed E-state index contributed by atoms with van der Waals surface area (Å²) in [4.78, 5) is 16.5. The SMILES string of the molecule is Cl.NCc1nc(C(=O)NCC2(c3cccc(C(F)(F)F)c3)CCCC2)cs1. The minimum absolute atomic E-state index is 0. The lowest BCUT2D eigenvalue weighted by molar-refractivity contribution is -0.137. The molecule has 27 heavy (non-hydrogen) atoms. The Morgan fingerprint density at radius 2 is 2.00 bits per heavy atom. The summed E-state index contributed by atoms with van der Waals surface area (Å²) in [5.41, 5.74) is 5.32. The number of carbonyl (C=O) groups excluding carboxylic acids is 1. The minimum Gasteiger partial charge on any atom is -0.350 e. The molecule has 1 aromatic carbocycles. The second-order valence-electron chi connectivity index (χ2n) is 6.58. The molecule has 2 aromatic rings. The van der Waals surface area contributed by atoms with Gasteiger partial charge in [0.1, 0.15) is 10.7 Å². The van der Waals surface area contributed by atoms with Crippen LogP contribution in [0.3, 0.4) is 0 Å². The lowest BCUT2D eigenvalue weighted by Gasteiger charge is -2.30. The third-order valence-electron chi connectivity index (χ3n) is 4.91. The molecular weight excluding hydrogens is 399 g/mol. The first kappa shape index (κ1) is 21.7. The lowest BCUT2D eigenvalue weighted by atomic mass is 9.78. The number of benzene rings is 1. The molecule has 1 amide bonds. The van der Waals surface area contributed by atoms with Gasteiger partial charge in [-0.2, -0.15) is 13.2 Å². The Morgan fingerprint density at radius 1 is 1.30 bits per heavy atom. The first-order valence-electron chi connectivity index (χ1n) is 8.44. The summed E-state index contributed by atoms with van der Waals surface area (Å²) in [6.45, 7) is 0.564. The second kappa shape index (κ2) is 8.58. The van der Waals surface area contributed by atoms with Crippen molar-refractivity contribution in [3.05, 3.63) is 51.5 Å². The van der Waals surface area contributed by atoms with E-state index in [4.69, 9.17) is 5.73 Å². The van der Waals surface area contributed by atoms with Gasteiger partial charge in [0.05, 0.1) is 5.56 Å². The topological polar surface area (TPSA) is 68.0 Å². The average Bonchev–Trinajstić information content (AvgIpc) is 3.29. The Labute approximate surface area is 165 Å². The monoisotopic (exact) mass is 419 g/mol. The van der Waals surface area contributed by atoms with Gasteiger partial charge in [0.15, 0.2) is 0 Å². The van der Waals surface area contributed by atoms with Crippen LogP contribution >= 0.6 is 23.7 Å². The summed E-state index contributed by atoms with van der Waals surface area (Å²) in [5.74, 6) is -0.320. The summed E-state index contributed by atoms with van der Waals surface area (Å²) in [5, 5.41) is 5.17. The van der Waals surface area contributed by atoms with Crippen molar-refractivity contribution < 1.29 is 18.0 Å². The number of nitrogens with two attached hydrogens (primary N) is 1. The predicted octanol–water partition coefficient (Wildman–Crippen LogP) is 4.28. The molecule has 9 heteroatoms. The summed E-state index contributed by atoms with van der Waals surface area (Å²) < 4.78 is 39.2. The highest BCUT2D eigenvalue weighted by molar-refractivity contribution is 7.09. The minimum atomic E-state index is -4.38. The van der Waals surface area contributed by atoms with Gasteiger partial charge in [-0.1, -0.05) is 31.0 Å². The third kappa shape index (κ3) is 4.80. The van der Waals surface area contributed by atoms with Crippen LogP contribution in [-0.4, -0.2) is 17.4 Å². The molecule has 0 atom stereocenters. The van der Waals surface area contributed by atoms with Crippen LogP contribution in [0.25, 0.3) is 0 Å². The van der Waals surface area contributed by atoms with Gasteiger partial charge in [-0.25, -0.2) is 4.98 Å². The highest BCUT2D eigenvalue weighted by Crippen LogP contribution is 2.42. The van der Waals surface area contributed by atoms with Crippen molar-refractivity contribution in [1.29, 1.82) is 0 Å². The van der Waals surface area contributed by atoms with Crippen molar-refractivity contribution >= 4 is 29.7 Å². The summed E-state index contributed by atoms with van der Waals surface area (Å²) >= 11 is 1.31. The molecule has 1 heterocycles. The van der Waals surface area contributed by atoms with Crippen molar-refractivity contribution in [3.63, 3.8) is 0 Å². The molecule has 148 valence electrons. The van der Waals surface area contributed by atoms with Crippen LogP contribution in [0, 0.1) is 0 Å². The van der Waals surface area contributed by atoms with Crippen LogP contribution in [0.5, 0.6) is 0 Å². The molecule has 3 N–H and O–H groups in total. The summed E-state index contributed by atoms with van der Waals surface area (Å²) in [6.07, 6.45) is -1.02. The average molecular weight is 420 g/mol. The van der Waals surface area contributed by atoms with Crippen LogP contribution in [-0.2, 0) is 18.1 Å². The number of hydrogen-bond acceptors (Lipinski definition) is 4. The van der Waals surface area contributed by atoms with Gasteiger partial charge in [0, 0.05) is 23.9 Å². The number of nitrogens with zero attached hydrogens (tertiary/aromatic N) is 1. The standard InChI is InChI=1S/C18H20F3N3OS.ClH/c19-18(20,21)13-5-3-4-12(8-13)17(6-1-2-7-17)11-23-16(25)14-10-26-15(9-22)24-14;/h3-5,8,10H,1-2,6-7,9,11,22H2,(H,23,25);1H. The molecule has 3 rings (SSSR count). The Kier molecular flexibility index (Phi) is 6.88. The molecule has 0 radical (unpaired) electrons. The molecule has 1 aromatic heterocycles. The number of hydrogen-bond donors (Lipinski definition) is 2. The number of nitrogens with one attached hydrogen (secondary N) is 1. The maximum atomic E-state index is 13.1. The van der Waals surface area contributed by atoms with E-state index in [-0.39, 0.29) is 24.9 Å². The van der Waals surface area contributed by atoms with Gasteiger partial charge < -0.3 is 11.1 Å². The quantitative estimate of drug-likeness (QED) is 0.759. The summed E-state index contributed by atoms with van der Waals surface area (Å²) in [7, 11) is 0. The first-order chi connectivity index (χ1) is 12.3. The van der Waals surface area contributed by atoms with E-state index in [0.717, 1.165) is 31.7 Å². The molecule has 0 unspecified atom stereocenters. The Morgan fingerprint density at radius 3 is 2.59 bits per heavy atom. The van der Waals surface area contributed by atoms with E-state index >= 15 is 0 Å². The van der Waals surface area contributed by atoms with Gasteiger partial charge in [0.2, 0.25) is 0 Å². The smallest absolute Gasteiger partial charge is 0.350 e. The highest BCUT2D eigenvalue weighted by atomic mass is 35.5. The largest absolute Gasteiger partial charge is 0.416 e. The maximum Gasteiger partial charge on any atom is 0.416 e. The van der Waals surface area contributed by atoms with Crippen molar-refractivity contribution in [2.75, 3.05) is 6.54 Å². The van der Waals surface area contributed by atoms with E-state index in [1.807, 2.05) is 0 Å². The number of alkyl halides is 3. The van der Waals surface area contributed by atoms with Crippen molar-refractivity contribution in [2.45, 2.75) is 43.8 Å². The molecule has 4 nitrogen and oxygen atoms in total. The molecule has 1 fully saturated rings. The molecular formula is C18H21ClF3N3OS. The molecule has 0 saturated heterocycles. The van der Waals surface area contributed by atoms with Crippen LogP contribution in [0.4, 0.5) is 13.2 Å². The van der Waals surface area contributed by atoms with E-state index in [1.165, 1.54) is 23.5 Å². The molecule has 0 bridgehead atoms. The van der Waals surface area contributed by atoms with Crippen LogP contribution in [0.1, 0.15) is 52.3 Å². The molecule has 1 saturated carbocycles. The lowest BCUT2D eigenvalue weighted by Crippen LogP contribution is -2.39. The maximum absolute atomic E-state index is 13.1. The Bertz CT molecular complexity index is 788. The number of rotatable bonds is 5. The zero-order chi connectivity index (χ0) is 18.8. The van der Waals surface area contributed by atoms with Gasteiger partial charge >= 0.3 is 6.18 Å². The second-order valence-corrected chi connectivity index (χ2v) is 7.52. The Hall–Kier alpha value is -1.64. The van der Waals surface area contributed by atoms with E-state index < -0.39 is 17.2 Å². The van der Waals surface area contributed by atoms with Gasteiger partial charge in [-0.3, -0.25) is 4.79 Å². The molecule has 1 aliphatic carbocycles. The summed E-state index contributed by atoms with van der Waals surface area (Å²) in [6, 6.07) is 5.46. The van der Waals surface area contributed by atoms with Gasteiger partial charge in [-0.15, -0.1) is 23.7 Å². The fraction of sp³-hybridized carbons (Fsp3) is 0.444. The first-order valence-corrected chi connectivity index (χ1v) is 9.32. The number of aromatic nitrogens is 1. The van der Waals surface area contributed by atoms with Crippen molar-refractivity contribution in [3.8, 4) is 0 Å². The fourth-order valence-corrected chi connectivity index (χ4v) is 4.15. The van der Waals surface area contributed by atoms with E-state index in [9.17, 15) is 18.0 Å². The fourth-order valence-electron chi connectivity index (χ4n) is 3.49. The van der Waals surface area contributed by atoms with Crippen molar-refractivity contribution in [1.82, 2.24) is 10.3 Å². The predicted molar refractivity (Wildman–Crippen MR) is 101 cm³/mol. The van der Waals surface area contributed by atoms with E-state index in [1.54, 1.807) is 11.4 Å². The zero-order valence-corrected chi connectivity index (χ0v) is 16.1.